The molecule has 1 aliphatic heterocycles. The molecular weight excluding hydrogens is 460 g/mol. The number of primary amides is 1. The van der Waals surface area contributed by atoms with Crippen LogP contribution in [0.5, 0.6) is 0 Å². The summed E-state index contributed by atoms with van der Waals surface area (Å²) in [6, 6.07) is 11.6. The van der Waals surface area contributed by atoms with Crippen molar-refractivity contribution in [2.24, 2.45) is 5.73 Å². The Morgan fingerprint density at radius 2 is 1.94 bits per heavy atom. The minimum absolute atomic E-state index is 0.207. The SMILES string of the molecule is C=C(C(N)=O)c1cccc(-c2cc(CN3CCN(C(=O)CC)CC3)cc(Nc3ncc(C)s3)n2)c1. The molecule has 9 heteroatoms. The Morgan fingerprint density at radius 1 is 1.17 bits per heavy atom. The van der Waals surface area contributed by atoms with Crippen LogP contribution in [0.2, 0.25) is 0 Å². The molecule has 4 rings (SSSR count). The molecule has 1 saturated heterocycles. The van der Waals surface area contributed by atoms with Crippen LogP contribution >= 0.6 is 11.3 Å². The maximum absolute atomic E-state index is 12.0. The number of pyridine rings is 1. The van der Waals surface area contributed by atoms with Gasteiger partial charge in [0.15, 0.2) is 5.13 Å². The summed E-state index contributed by atoms with van der Waals surface area (Å²) in [5.41, 5.74) is 9.10. The van der Waals surface area contributed by atoms with Gasteiger partial charge in [0, 0.05) is 61.4 Å². The largest absolute Gasteiger partial charge is 0.366 e. The second kappa shape index (κ2) is 10.8. The third kappa shape index (κ3) is 6.12. The Labute approximate surface area is 209 Å². The Bertz CT molecular complexity index is 1250. The zero-order valence-corrected chi connectivity index (χ0v) is 20.9. The van der Waals surface area contributed by atoms with Gasteiger partial charge in [-0.2, -0.15) is 0 Å². The van der Waals surface area contributed by atoms with Gasteiger partial charge in [-0.3, -0.25) is 14.5 Å². The van der Waals surface area contributed by atoms with E-state index < -0.39 is 5.91 Å². The lowest BCUT2D eigenvalue weighted by atomic mass is 10.0. The molecule has 1 aromatic carbocycles. The summed E-state index contributed by atoms with van der Waals surface area (Å²) < 4.78 is 0. The van der Waals surface area contributed by atoms with Crippen molar-refractivity contribution < 1.29 is 9.59 Å². The van der Waals surface area contributed by atoms with E-state index in [1.165, 1.54) is 0 Å². The predicted molar refractivity (Wildman–Crippen MR) is 140 cm³/mol. The number of nitrogens with zero attached hydrogens (tertiary/aromatic N) is 4. The summed E-state index contributed by atoms with van der Waals surface area (Å²) in [6.07, 6.45) is 2.37. The van der Waals surface area contributed by atoms with Crippen molar-refractivity contribution in [2.75, 3.05) is 31.5 Å². The number of nitrogens with one attached hydrogen (secondary N) is 1. The van der Waals surface area contributed by atoms with E-state index in [-0.39, 0.29) is 11.5 Å². The summed E-state index contributed by atoms with van der Waals surface area (Å²) in [5, 5.41) is 4.11. The monoisotopic (exact) mass is 490 g/mol. The first-order valence-electron chi connectivity index (χ1n) is 11.6. The van der Waals surface area contributed by atoms with E-state index in [0.29, 0.717) is 17.8 Å². The van der Waals surface area contributed by atoms with Crippen molar-refractivity contribution in [1.82, 2.24) is 19.8 Å². The summed E-state index contributed by atoms with van der Waals surface area (Å²) in [6.45, 7) is 11.6. The predicted octanol–water partition coefficient (Wildman–Crippen LogP) is 3.81. The summed E-state index contributed by atoms with van der Waals surface area (Å²) >= 11 is 1.57. The van der Waals surface area contributed by atoms with Crippen LogP contribution in [-0.4, -0.2) is 57.8 Å². The van der Waals surface area contributed by atoms with Crippen molar-refractivity contribution in [3.63, 3.8) is 0 Å². The zero-order valence-electron chi connectivity index (χ0n) is 20.1. The van der Waals surface area contributed by atoms with Gasteiger partial charge in [-0.15, -0.1) is 11.3 Å². The summed E-state index contributed by atoms with van der Waals surface area (Å²) in [4.78, 5) is 38.3. The van der Waals surface area contributed by atoms with Crippen LogP contribution in [0.1, 0.15) is 29.3 Å². The van der Waals surface area contributed by atoms with Crippen LogP contribution in [0, 0.1) is 6.92 Å². The molecule has 1 fully saturated rings. The van der Waals surface area contributed by atoms with Crippen LogP contribution < -0.4 is 11.1 Å². The standard InChI is InChI=1S/C26H30N6O2S/c1-4-24(33)32-10-8-31(9-11-32)16-19-12-22(21-7-5-6-20(14-21)18(3)25(27)34)29-23(13-19)30-26-28-15-17(2)35-26/h5-7,12-15H,3-4,8-11,16H2,1-2H3,(H2,27,34)(H,28,29,30). The lowest BCUT2D eigenvalue weighted by Crippen LogP contribution is -2.48. The number of hydrogen-bond acceptors (Lipinski definition) is 7. The average molecular weight is 491 g/mol. The number of hydrogen-bond donors (Lipinski definition) is 2. The number of benzene rings is 1. The van der Waals surface area contributed by atoms with Crippen LogP contribution in [0.3, 0.4) is 0 Å². The van der Waals surface area contributed by atoms with E-state index in [0.717, 1.165) is 59.6 Å². The van der Waals surface area contributed by atoms with Gasteiger partial charge < -0.3 is 16.0 Å². The van der Waals surface area contributed by atoms with E-state index in [2.05, 4.69) is 27.8 Å². The second-order valence-corrected chi connectivity index (χ2v) is 9.82. The number of thiazole rings is 1. The molecule has 3 aromatic rings. The zero-order chi connectivity index (χ0) is 24.9. The van der Waals surface area contributed by atoms with Crippen LogP contribution in [0.25, 0.3) is 16.8 Å². The molecule has 3 N–H and O–H groups in total. The van der Waals surface area contributed by atoms with Gasteiger partial charge in [-0.25, -0.2) is 9.97 Å². The number of rotatable bonds is 8. The van der Waals surface area contributed by atoms with Gasteiger partial charge in [0.25, 0.3) is 0 Å². The molecule has 8 nitrogen and oxygen atoms in total. The molecule has 0 aliphatic carbocycles. The average Bonchev–Trinajstić information content (AvgIpc) is 3.27. The van der Waals surface area contributed by atoms with E-state index in [4.69, 9.17) is 10.7 Å². The Hall–Kier alpha value is -3.56. The van der Waals surface area contributed by atoms with E-state index >= 15 is 0 Å². The highest BCUT2D eigenvalue weighted by atomic mass is 32.1. The van der Waals surface area contributed by atoms with Gasteiger partial charge in [0.05, 0.1) is 5.69 Å². The fourth-order valence-electron chi connectivity index (χ4n) is 4.06. The second-order valence-electron chi connectivity index (χ2n) is 8.58. The molecule has 2 amide bonds. The van der Waals surface area contributed by atoms with Crippen LogP contribution in [0.15, 0.2) is 49.2 Å². The molecule has 0 bridgehead atoms. The molecule has 0 spiro atoms. The number of piperazine rings is 1. The van der Waals surface area contributed by atoms with Gasteiger partial charge >= 0.3 is 0 Å². The number of amides is 2. The molecule has 0 saturated carbocycles. The number of aryl methyl sites for hydroxylation is 1. The van der Waals surface area contributed by atoms with Crippen LogP contribution in [-0.2, 0) is 16.1 Å². The fraction of sp³-hybridized carbons (Fsp3) is 0.308. The van der Waals surface area contributed by atoms with E-state index in [1.807, 2.05) is 55.3 Å². The van der Waals surface area contributed by atoms with Crippen molar-refractivity contribution in [2.45, 2.75) is 26.8 Å². The number of anilines is 2. The Balaban J connectivity index is 1.61. The minimum Gasteiger partial charge on any atom is -0.366 e. The van der Waals surface area contributed by atoms with Crippen LogP contribution in [0.4, 0.5) is 10.9 Å². The molecule has 2 aromatic heterocycles. The highest BCUT2D eigenvalue weighted by Crippen LogP contribution is 2.28. The maximum Gasteiger partial charge on any atom is 0.248 e. The minimum atomic E-state index is -0.550. The molecular formula is C26H30N6O2S. The van der Waals surface area contributed by atoms with Gasteiger partial charge in [-0.05, 0) is 36.2 Å². The lowest BCUT2D eigenvalue weighted by Gasteiger charge is -2.34. The highest BCUT2D eigenvalue weighted by Gasteiger charge is 2.20. The number of nitrogens with two attached hydrogens (primary N) is 1. The lowest BCUT2D eigenvalue weighted by molar-refractivity contribution is -0.132. The topological polar surface area (TPSA) is 104 Å². The van der Waals surface area contributed by atoms with Gasteiger partial charge in [-0.1, -0.05) is 31.7 Å². The van der Waals surface area contributed by atoms with Crippen molar-refractivity contribution in [1.29, 1.82) is 0 Å². The number of aromatic nitrogens is 2. The third-order valence-electron chi connectivity index (χ3n) is 5.98. The number of carbonyl (C=O) groups excluding carboxylic acids is 2. The molecule has 0 radical (unpaired) electrons. The van der Waals surface area contributed by atoms with Crippen molar-refractivity contribution >= 4 is 39.7 Å². The molecule has 35 heavy (non-hydrogen) atoms. The maximum atomic E-state index is 12.0. The van der Waals surface area contributed by atoms with Gasteiger partial charge in [0.1, 0.15) is 5.82 Å². The molecule has 1 aliphatic rings. The molecule has 0 atom stereocenters. The fourth-order valence-corrected chi connectivity index (χ4v) is 4.73. The first-order chi connectivity index (χ1) is 16.8. The molecule has 3 heterocycles. The Morgan fingerprint density at radius 3 is 2.60 bits per heavy atom. The van der Waals surface area contributed by atoms with Gasteiger partial charge in [0.2, 0.25) is 11.8 Å². The first kappa shape index (κ1) is 24.6. The first-order valence-corrected chi connectivity index (χ1v) is 12.4. The quantitative estimate of drug-likeness (QED) is 0.465. The van der Waals surface area contributed by atoms with Crippen molar-refractivity contribution in [3.8, 4) is 11.3 Å². The third-order valence-corrected chi connectivity index (χ3v) is 6.81. The molecule has 182 valence electrons. The summed E-state index contributed by atoms with van der Waals surface area (Å²) in [5.74, 6) is 0.357. The van der Waals surface area contributed by atoms with Crippen molar-refractivity contribution in [3.05, 3.63) is 65.2 Å². The Kier molecular flexibility index (Phi) is 7.57. The molecule has 0 unspecified atom stereocenters. The van der Waals surface area contributed by atoms with E-state index in [9.17, 15) is 9.59 Å². The highest BCUT2D eigenvalue weighted by molar-refractivity contribution is 7.15. The normalized spacial score (nSPS) is 14.1. The van der Waals surface area contributed by atoms with E-state index in [1.54, 1.807) is 11.3 Å². The number of carbonyl (C=O) groups is 2. The smallest absolute Gasteiger partial charge is 0.248 e. The summed E-state index contributed by atoms with van der Waals surface area (Å²) in [7, 11) is 0.